The number of carboxylic acid groups (broad SMARTS) is 1. The predicted molar refractivity (Wildman–Crippen MR) is 136 cm³/mol. The summed E-state index contributed by atoms with van der Waals surface area (Å²) in [6.07, 6.45) is -8.51. The molecule has 8 atom stereocenters. The standard InChI is InChI=1S/C27H26F3N3O11/c28-9-3-14(29)12(15(30)4-9)6-31-24(38)13-7-32-8-16-33(10-1-2-11(5-10)42-16)25(39)17(32)22(18(13)34)43-27-21(37)19(35)20(36)23(44-27)26(40)41/h3-4,7,10-11,16,19-21,23,27,35-37H,1-2,5-6,8H2,(H,31,38)(H,40,41)/t10?,11-,16+,19-,20-,21+,23-,27+/m0/s1. The zero-order valence-electron chi connectivity index (χ0n) is 22.6. The minimum atomic E-state index is -2.11. The summed E-state index contributed by atoms with van der Waals surface area (Å²) in [4.78, 5) is 53.7. The third kappa shape index (κ3) is 4.99. The summed E-state index contributed by atoms with van der Waals surface area (Å²) in [5.41, 5.74) is -3.02. The van der Waals surface area contributed by atoms with Gasteiger partial charge in [-0.3, -0.25) is 14.4 Å². The average molecular weight is 626 g/mol. The topological polar surface area (TPSA) is 197 Å². The zero-order chi connectivity index (χ0) is 31.6. The van der Waals surface area contributed by atoms with Crippen LogP contribution in [0.25, 0.3) is 0 Å². The number of nitrogens with one attached hydrogen (secondary N) is 1. The van der Waals surface area contributed by atoms with E-state index in [1.807, 2.05) is 0 Å². The van der Waals surface area contributed by atoms with Crippen LogP contribution >= 0.6 is 0 Å². The van der Waals surface area contributed by atoms with Gasteiger partial charge < -0.3 is 49.4 Å². The molecule has 2 aromatic rings. The number of ether oxygens (including phenoxy) is 3. The number of aliphatic hydroxyl groups excluding tert-OH is 3. The van der Waals surface area contributed by atoms with Gasteiger partial charge in [-0.1, -0.05) is 0 Å². The van der Waals surface area contributed by atoms with Crippen molar-refractivity contribution in [3.05, 3.63) is 62.8 Å². The highest BCUT2D eigenvalue weighted by Gasteiger charge is 2.51. The van der Waals surface area contributed by atoms with Crippen LogP contribution in [0.5, 0.6) is 5.75 Å². The molecule has 1 aromatic heterocycles. The van der Waals surface area contributed by atoms with Gasteiger partial charge in [0.2, 0.25) is 11.7 Å². The Hall–Kier alpha value is -4.03. The molecule has 1 unspecified atom stereocenters. The van der Waals surface area contributed by atoms with Crippen molar-refractivity contribution in [2.24, 2.45) is 0 Å². The number of amides is 2. The SMILES string of the molecule is O=C(NCc1c(F)cc(F)cc1F)c1cn2c(c(O[C@@H]3O[C@H](C(=O)O)[C@@H](O)[C@H](O)[C@H]3O)c1=O)C(=O)N1C3CC[C@@H](C3)O[C@@H]1C2. The molecule has 2 saturated heterocycles. The van der Waals surface area contributed by atoms with Crippen molar-refractivity contribution in [2.45, 2.75) is 81.4 Å². The minimum Gasteiger partial charge on any atom is -0.479 e. The number of nitrogens with zero attached hydrogens (tertiary/aromatic N) is 2. The molecule has 2 bridgehead atoms. The van der Waals surface area contributed by atoms with E-state index in [-0.39, 0.29) is 18.7 Å². The van der Waals surface area contributed by atoms with Crippen molar-refractivity contribution in [3.8, 4) is 5.75 Å². The molecule has 3 aliphatic heterocycles. The maximum Gasteiger partial charge on any atom is 0.335 e. The monoisotopic (exact) mass is 625 g/mol. The fourth-order valence-corrected chi connectivity index (χ4v) is 6.08. The lowest BCUT2D eigenvalue weighted by atomic mass is 9.99. The first-order valence-corrected chi connectivity index (χ1v) is 13.6. The Labute approximate surface area is 245 Å². The summed E-state index contributed by atoms with van der Waals surface area (Å²) in [5, 5.41) is 42.3. The Morgan fingerprint density at radius 1 is 1.02 bits per heavy atom. The van der Waals surface area contributed by atoms with Crippen molar-refractivity contribution in [1.82, 2.24) is 14.8 Å². The Bertz CT molecular complexity index is 1580. The fourth-order valence-electron chi connectivity index (χ4n) is 6.08. The second kappa shape index (κ2) is 11.2. The van der Waals surface area contributed by atoms with Crippen molar-refractivity contribution in [2.75, 3.05) is 0 Å². The quantitative estimate of drug-likeness (QED) is 0.270. The second-order valence-corrected chi connectivity index (χ2v) is 11.0. The Balaban J connectivity index is 1.39. The van der Waals surface area contributed by atoms with Gasteiger partial charge in [0.05, 0.1) is 12.6 Å². The summed E-state index contributed by atoms with van der Waals surface area (Å²) in [7, 11) is 0. The Kier molecular flexibility index (Phi) is 7.61. The third-order valence-electron chi connectivity index (χ3n) is 8.26. The number of halogens is 3. The molecule has 5 N–H and O–H groups in total. The van der Waals surface area contributed by atoms with Crippen LogP contribution in [-0.4, -0.2) is 96.8 Å². The molecular weight excluding hydrogens is 599 g/mol. The van der Waals surface area contributed by atoms with Gasteiger partial charge >= 0.3 is 5.97 Å². The zero-order valence-corrected chi connectivity index (χ0v) is 22.6. The van der Waals surface area contributed by atoms with E-state index in [4.69, 9.17) is 14.2 Å². The van der Waals surface area contributed by atoms with E-state index >= 15 is 0 Å². The summed E-state index contributed by atoms with van der Waals surface area (Å²) >= 11 is 0. The van der Waals surface area contributed by atoms with E-state index in [0.29, 0.717) is 31.4 Å². The second-order valence-electron chi connectivity index (χ2n) is 11.0. The first-order chi connectivity index (χ1) is 20.8. The molecule has 236 valence electrons. The molecule has 2 amide bonds. The van der Waals surface area contributed by atoms with Gasteiger partial charge in [0.25, 0.3) is 11.8 Å². The lowest BCUT2D eigenvalue weighted by Gasteiger charge is -2.45. The number of benzene rings is 1. The Morgan fingerprint density at radius 2 is 1.73 bits per heavy atom. The summed E-state index contributed by atoms with van der Waals surface area (Å²) in [5.74, 6) is -8.26. The maximum atomic E-state index is 14.2. The summed E-state index contributed by atoms with van der Waals surface area (Å²) in [6.45, 7) is -0.885. The first-order valence-electron chi connectivity index (χ1n) is 13.6. The van der Waals surface area contributed by atoms with Crippen LogP contribution in [0.3, 0.4) is 0 Å². The van der Waals surface area contributed by atoms with E-state index in [1.54, 1.807) is 0 Å². The predicted octanol–water partition coefficient (Wildman–Crippen LogP) is -0.800. The molecule has 1 saturated carbocycles. The van der Waals surface area contributed by atoms with Gasteiger partial charge in [0.15, 0.2) is 23.8 Å². The third-order valence-corrected chi connectivity index (χ3v) is 8.26. The van der Waals surface area contributed by atoms with E-state index in [1.165, 1.54) is 9.47 Å². The normalized spacial score (nSPS) is 30.9. The number of hydrogen-bond acceptors (Lipinski definition) is 10. The van der Waals surface area contributed by atoms with E-state index in [9.17, 15) is 52.8 Å². The minimum absolute atomic E-state index is 0.0839. The van der Waals surface area contributed by atoms with Crippen LogP contribution in [0.1, 0.15) is 45.7 Å². The Morgan fingerprint density at radius 3 is 2.41 bits per heavy atom. The molecule has 17 heteroatoms. The van der Waals surface area contributed by atoms with Crippen molar-refractivity contribution >= 4 is 17.8 Å². The first kappa shape index (κ1) is 30.0. The molecule has 1 aromatic carbocycles. The number of rotatable bonds is 6. The molecule has 44 heavy (non-hydrogen) atoms. The van der Waals surface area contributed by atoms with Gasteiger partial charge in [-0.2, -0.15) is 0 Å². The van der Waals surface area contributed by atoms with Crippen LogP contribution in [0.15, 0.2) is 23.1 Å². The number of aromatic nitrogens is 1. The van der Waals surface area contributed by atoms with Crippen molar-refractivity contribution < 1.29 is 62.2 Å². The van der Waals surface area contributed by atoms with E-state index in [0.717, 1.165) is 6.20 Å². The smallest absolute Gasteiger partial charge is 0.335 e. The molecular formula is C27H26F3N3O11. The van der Waals surface area contributed by atoms with Crippen LogP contribution in [0, 0.1) is 17.5 Å². The molecule has 6 rings (SSSR count). The van der Waals surface area contributed by atoms with Gasteiger partial charge in [-0.05, 0) is 19.3 Å². The number of carbonyl (C=O) groups excluding carboxylic acids is 2. The number of carboxylic acids is 1. The molecule has 1 aliphatic carbocycles. The van der Waals surface area contributed by atoms with Gasteiger partial charge in [-0.25, -0.2) is 18.0 Å². The van der Waals surface area contributed by atoms with E-state index < -0.39 is 107 Å². The molecule has 4 heterocycles. The number of aliphatic hydroxyl groups is 3. The van der Waals surface area contributed by atoms with Crippen molar-refractivity contribution in [1.29, 1.82) is 0 Å². The lowest BCUT2D eigenvalue weighted by Crippen LogP contribution is -2.61. The largest absolute Gasteiger partial charge is 0.479 e. The number of fused-ring (bicyclic) bond motifs is 5. The molecule has 4 aliphatic rings. The molecule has 14 nitrogen and oxygen atoms in total. The highest BCUT2D eigenvalue weighted by Crippen LogP contribution is 2.39. The van der Waals surface area contributed by atoms with E-state index in [2.05, 4.69) is 5.32 Å². The summed E-state index contributed by atoms with van der Waals surface area (Å²) in [6, 6.07) is 0.588. The van der Waals surface area contributed by atoms with Crippen LogP contribution in [-0.2, 0) is 27.4 Å². The van der Waals surface area contributed by atoms with Gasteiger partial charge in [0, 0.05) is 36.5 Å². The van der Waals surface area contributed by atoms with Crippen LogP contribution in [0.2, 0.25) is 0 Å². The van der Waals surface area contributed by atoms with Gasteiger partial charge in [0.1, 0.15) is 41.3 Å². The van der Waals surface area contributed by atoms with Crippen LogP contribution < -0.4 is 15.5 Å². The fraction of sp³-hybridized carbons (Fsp3) is 0.481. The molecule has 0 spiro atoms. The summed E-state index contributed by atoms with van der Waals surface area (Å²) < 4.78 is 59.5. The highest BCUT2D eigenvalue weighted by molar-refractivity contribution is 5.99. The average Bonchev–Trinajstić information content (AvgIpc) is 3.33. The molecule has 0 radical (unpaired) electrons. The number of carbonyl (C=O) groups is 3. The maximum absolute atomic E-state index is 14.2. The lowest BCUT2D eigenvalue weighted by molar-refractivity contribution is -0.271. The number of hydrogen-bond donors (Lipinski definition) is 5. The number of aliphatic carboxylic acids is 1. The van der Waals surface area contributed by atoms with Gasteiger partial charge in [-0.15, -0.1) is 0 Å². The molecule has 3 fully saturated rings. The number of pyridine rings is 1. The van der Waals surface area contributed by atoms with Crippen LogP contribution in [0.4, 0.5) is 13.2 Å². The highest BCUT2D eigenvalue weighted by atomic mass is 19.1. The van der Waals surface area contributed by atoms with Crippen molar-refractivity contribution in [3.63, 3.8) is 0 Å².